The van der Waals surface area contributed by atoms with Gasteiger partial charge in [-0.2, -0.15) is 0 Å². The number of aromatic carboxylic acids is 1. The summed E-state index contributed by atoms with van der Waals surface area (Å²) in [7, 11) is 0. The van der Waals surface area contributed by atoms with Gasteiger partial charge in [0.1, 0.15) is 11.6 Å². The van der Waals surface area contributed by atoms with E-state index in [-0.39, 0.29) is 43.6 Å². The highest BCUT2D eigenvalue weighted by Gasteiger charge is 2.29. The minimum Gasteiger partial charge on any atom is -0.476 e. The average Bonchev–Trinajstić information content (AvgIpc) is 3.34. The smallest absolute Gasteiger partial charge is 0.407 e. The molecule has 4 rings (SSSR count). The van der Waals surface area contributed by atoms with E-state index in [1.54, 1.807) is 6.92 Å². The van der Waals surface area contributed by atoms with Crippen molar-refractivity contribution in [2.75, 3.05) is 13.2 Å². The third kappa shape index (κ3) is 5.04. The SMILES string of the molecule is Cc1sc(CNC(=O)CCNC(=O)OCC2c3ccccc3-c3ccccc32)nc1C(=O)O. The Labute approximate surface area is 194 Å². The fraction of sp³-hybridized carbons (Fsp3) is 0.250. The highest BCUT2D eigenvalue weighted by molar-refractivity contribution is 7.11. The normalized spacial score (nSPS) is 12.0. The molecule has 2 aromatic carbocycles. The zero-order valence-corrected chi connectivity index (χ0v) is 18.8. The molecule has 1 aliphatic carbocycles. The van der Waals surface area contributed by atoms with E-state index < -0.39 is 12.1 Å². The monoisotopic (exact) mass is 465 g/mol. The van der Waals surface area contributed by atoms with Gasteiger partial charge >= 0.3 is 12.1 Å². The standard InChI is InChI=1S/C24H23N3O5S/c1-14-22(23(29)30)27-21(33-14)12-26-20(28)10-11-25-24(31)32-13-19-17-8-4-2-6-15(17)16-7-3-5-9-18(16)19/h2-9,19H,10-13H2,1H3,(H,25,31)(H,26,28)(H,29,30). The molecule has 0 bridgehead atoms. The molecule has 0 atom stereocenters. The van der Waals surface area contributed by atoms with Gasteiger partial charge < -0.3 is 20.5 Å². The molecular weight excluding hydrogens is 442 g/mol. The van der Waals surface area contributed by atoms with E-state index in [1.807, 2.05) is 24.3 Å². The molecule has 1 aromatic heterocycles. The molecule has 1 aliphatic rings. The number of carboxylic acids is 1. The molecule has 0 saturated carbocycles. The molecule has 0 aliphatic heterocycles. The first kappa shape index (κ1) is 22.5. The Morgan fingerprint density at radius 3 is 2.27 bits per heavy atom. The molecule has 9 heteroatoms. The summed E-state index contributed by atoms with van der Waals surface area (Å²) in [4.78, 5) is 39.8. The van der Waals surface area contributed by atoms with Crippen LogP contribution in [-0.4, -0.2) is 41.2 Å². The van der Waals surface area contributed by atoms with Gasteiger partial charge in [0.05, 0.1) is 6.54 Å². The number of nitrogens with zero attached hydrogens (tertiary/aromatic N) is 1. The van der Waals surface area contributed by atoms with Gasteiger partial charge in [-0.15, -0.1) is 11.3 Å². The van der Waals surface area contributed by atoms with Crippen molar-refractivity contribution in [3.63, 3.8) is 0 Å². The van der Waals surface area contributed by atoms with Crippen molar-refractivity contribution in [3.8, 4) is 11.1 Å². The number of aryl methyl sites for hydroxylation is 1. The molecule has 0 unspecified atom stereocenters. The molecular formula is C24H23N3O5S. The number of rotatable bonds is 8. The second-order valence-electron chi connectivity index (χ2n) is 7.60. The van der Waals surface area contributed by atoms with Crippen LogP contribution in [0.3, 0.4) is 0 Å². The molecule has 0 saturated heterocycles. The second-order valence-corrected chi connectivity index (χ2v) is 8.88. The van der Waals surface area contributed by atoms with Gasteiger partial charge in [0.2, 0.25) is 5.91 Å². The number of hydrogen-bond donors (Lipinski definition) is 3. The van der Waals surface area contributed by atoms with Crippen molar-refractivity contribution in [2.24, 2.45) is 0 Å². The van der Waals surface area contributed by atoms with Gasteiger partial charge in [-0.1, -0.05) is 48.5 Å². The summed E-state index contributed by atoms with van der Waals surface area (Å²) in [5, 5.41) is 14.8. The number of thiazole rings is 1. The molecule has 3 aromatic rings. The van der Waals surface area contributed by atoms with E-state index in [1.165, 1.54) is 11.3 Å². The van der Waals surface area contributed by atoms with Crippen LogP contribution in [0, 0.1) is 6.92 Å². The lowest BCUT2D eigenvalue weighted by Gasteiger charge is -2.14. The lowest BCUT2D eigenvalue weighted by molar-refractivity contribution is -0.121. The predicted molar refractivity (Wildman–Crippen MR) is 123 cm³/mol. The van der Waals surface area contributed by atoms with Gasteiger partial charge in [0, 0.05) is 23.8 Å². The molecule has 1 heterocycles. The van der Waals surface area contributed by atoms with E-state index in [0.717, 1.165) is 22.3 Å². The topological polar surface area (TPSA) is 118 Å². The third-order valence-corrected chi connectivity index (χ3v) is 6.42. The number of aromatic nitrogens is 1. The maximum Gasteiger partial charge on any atom is 0.407 e. The number of hydrogen-bond acceptors (Lipinski definition) is 6. The number of amides is 2. The van der Waals surface area contributed by atoms with Crippen LogP contribution in [0.25, 0.3) is 11.1 Å². The number of nitrogens with one attached hydrogen (secondary N) is 2. The van der Waals surface area contributed by atoms with Crippen molar-refractivity contribution in [2.45, 2.75) is 25.8 Å². The molecule has 8 nitrogen and oxygen atoms in total. The average molecular weight is 466 g/mol. The molecule has 33 heavy (non-hydrogen) atoms. The quantitative estimate of drug-likeness (QED) is 0.467. The van der Waals surface area contributed by atoms with Crippen molar-refractivity contribution in [1.29, 1.82) is 0 Å². The number of alkyl carbamates (subject to hydrolysis) is 1. The van der Waals surface area contributed by atoms with Gasteiger partial charge in [-0.3, -0.25) is 4.79 Å². The molecule has 2 amide bonds. The van der Waals surface area contributed by atoms with Crippen molar-refractivity contribution in [3.05, 3.63) is 75.2 Å². The van der Waals surface area contributed by atoms with Gasteiger partial charge in [-0.05, 0) is 29.2 Å². The predicted octanol–water partition coefficient (Wildman–Crippen LogP) is 3.69. The maximum absolute atomic E-state index is 12.2. The van der Waals surface area contributed by atoms with Crippen LogP contribution in [0.1, 0.15) is 43.8 Å². The van der Waals surface area contributed by atoms with Crippen molar-refractivity contribution in [1.82, 2.24) is 15.6 Å². The first-order valence-electron chi connectivity index (χ1n) is 10.5. The molecule has 0 radical (unpaired) electrons. The number of fused-ring (bicyclic) bond motifs is 3. The molecule has 0 spiro atoms. The highest BCUT2D eigenvalue weighted by atomic mass is 32.1. The van der Waals surface area contributed by atoms with Crippen LogP contribution >= 0.6 is 11.3 Å². The number of ether oxygens (including phenoxy) is 1. The minimum atomic E-state index is -1.09. The Morgan fingerprint density at radius 2 is 1.67 bits per heavy atom. The van der Waals surface area contributed by atoms with E-state index >= 15 is 0 Å². The number of carboxylic acid groups (broad SMARTS) is 1. The van der Waals surface area contributed by atoms with E-state index in [4.69, 9.17) is 9.84 Å². The Kier molecular flexibility index (Phi) is 6.69. The molecule has 170 valence electrons. The highest BCUT2D eigenvalue weighted by Crippen LogP contribution is 2.44. The summed E-state index contributed by atoms with van der Waals surface area (Å²) >= 11 is 1.23. The number of carbonyl (C=O) groups excluding carboxylic acids is 2. The number of carbonyl (C=O) groups is 3. The van der Waals surface area contributed by atoms with Crippen molar-refractivity contribution < 1.29 is 24.2 Å². The lowest BCUT2D eigenvalue weighted by atomic mass is 9.98. The van der Waals surface area contributed by atoms with Gasteiger partial charge in [0.15, 0.2) is 5.69 Å². The maximum atomic E-state index is 12.2. The largest absolute Gasteiger partial charge is 0.476 e. The summed E-state index contributed by atoms with van der Waals surface area (Å²) < 4.78 is 5.44. The Hall–Kier alpha value is -3.72. The summed E-state index contributed by atoms with van der Waals surface area (Å²) in [6.45, 7) is 2.15. The summed E-state index contributed by atoms with van der Waals surface area (Å²) in [6, 6.07) is 16.2. The first-order valence-corrected chi connectivity index (χ1v) is 11.3. The van der Waals surface area contributed by atoms with Gasteiger partial charge in [-0.25, -0.2) is 14.6 Å². The lowest BCUT2D eigenvalue weighted by Crippen LogP contribution is -2.31. The second kappa shape index (κ2) is 9.83. The van der Waals surface area contributed by atoms with E-state index in [2.05, 4.69) is 39.9 Å². The van der Waals surface area contributed by atoms with Crippen LogP contribution in [-0.2, 0) is 16.1 Å². The Balaban J connectivity index is 1.22. The minimum absolute atomic E-state index is 0.00108. The zero-order chi connectivity index (χ0) is 23.4. The molecule has 3 N–H and O–H groups in total. The van der Waals surface area contributed by atoms with E-state index in [0.29, 0.717) is 9.88 Å². The van der Waals surface area contributed by atoms with Crippen molar-refractivity contribution >= 4 is 29.3 Å². The van der Waals surface area contributed by atoms with E-state index in [9.17, 15) is 14.4 Å². The van der Waals surface area contributed by atoms with Crippen LogP contribution in [0.4, 0.5) is 4.79 Å². The fourth-order valence-corrected chi connectivity index (χ4v) is 4.78. The van der Waals surface area contributed by atoms with Crippen LogP contribution in [0.15, 0.2) is 48.5 Å². The van der Waals surface area contributed by atoms with Crippen LogP contribution in [0.5, 0.6) is 0 Å². The van der Waals surface area contributed by atoms with Gasteiger partial charge in [0.25, 0.3) is 0 Å². The fourth-order valence-electron chi connectivity index (χ4n) is 3.92. The summed E-state index contributed by atoms with van der Waals surface area (Å²) in [5.41, 5.74) is 4.58. The van der Waals surface area contributed by atoms with Crippen LogP contribution < -0.4 is 10.6 Å². The summed E-state index contributed by atoms with van der Waals surface area (Å²) in [5.74, 6) is -1.39. The van der Waals surface area contributed by atoms with Crippen LogP contribution in [0.2, 0.25) is 0 Å². The Bertz CT molecular complexity index is 1160. The first-order chi connectivity index (χ1) is 15.9. The molecule has 0 fully saturated rings. The Morgan fingerprint density at radius 1 is 1.03 bits per heavy atom. The summed E-state index contributed by atoms with van der Waals surface area (Å²) in [6.07, 6.45) is -0.508. The number of benzene rings is 2. The zero-order valence-electron chi connectivity index (χ0n) is 18.0. The third-order valence-electron chi connectivity index (χ3n) is 5.45.